The molecule has 1 amide bonds. The summed E-state index contributed by atoms with van der Waals surface area (Å²) >= 11 is 0. The van der Waals surface area contributed by atoms with Gasteiger partial charge in [0.25, 0.3) is 0 Å². The zero-order valence-corrected chi connectivity index (χ0v) is 26.4. The number of benzene rings is 1. The molecule has 5 unspecified atom stereocenters. The van der Waals surface area contributed by atoms with E-state index in [2.05, 4.69) is 25.2 Å². The number of hydrogen-bond acceptors (Lipinski definition) is 8. The van der Waals surface area contributed by atoms with E-state index in [-0.39, 0.29) is 35.8 Å². The molecule has 41 heavy (non-hydrogen) atoms. The average Bonchev–Trinajstić information content (AvgIpc) is 3.18. The topological polar surface area (TPSA) is 122 Å². The van der Waals surface area contributed by atoms with Crippen LogP contribution in [0.15, 0.2) is 18.2 Å². The molecule has 1 aromatic rings. The number of aliphatic hydroxyl groups excluding tert-OH is 1. The van der Waals surface area contributed by atoms with Gasteiger partial charge in [-0.2, -0.15) is 0 Å². The molecular weight excluding hydrogens is 524 g/mol. The Morgan fingerprint density at radius 1 is 1.10 bits per heavy atom. The van der Waals surface area contributed by atoms with E-state index in [1.807, 2.05) is 26.0 Å². The number of nitrogens with one attached hydrogen (secondary N) is 1. The summed E-state index contributed by atoms with van der Waals surface area (Å²) in [6.45, 7) is 10.7. The molecule has 1 fully saturated rings. The number of methoxy groups -OCH3 is 3. The second-order valence-corrected chi connectivity index (χ2v) is 12.1. The fourth-order valence-corrected chi connectivity index (χ4v) is 5.41. The summed E-state index contributed by atoms with van der Waals surface area (Å²) in [6.07, 6.45) is 3.23. The van der Waals surface area contributed by atoms with Gasteiger partial charge >= 0.3 is 0 Å². The first kappa shape index (κ1) is 35.3. The Kier molecular flexibility index (Phi) is 16.0. The van der Waals surface area contributed by atoms with Crippen molar-refractivity contribution in [2.75, 3.05) is 47.8 Å². The molecule has 6 atom stereocenters. The third-order valence-corrected chi connectivity index (χ3v) is 8.27. The van der Waals surface area contributed by atoms with E-state index >= 15 is 0 Å². The zero-order valence-electron chi connectivity index (χ0n) is 26.4. The lowest BCUT2D eigenvalue weighted by Gasteiger charge is -2.31. The van der Waals surface area contributed by atoms with Crippen LogP contribution in [0, 0.1) is 23.7 Å². The largest absolute Gasteiger partial charge is 0.493 e. The summed E-state index contributed by atoms with van der Waals surface area (Å²) in [5, 5.41) is 14.4. The minimum Gasteiger partial charge on any atom is -0.493 e. The van der Waals surface area contributed by atoms with Crippen LogP contribution in [0.25, 0.3) is 0 Å². The summed E-state index contributed by atoms with van der Waals surface area (Å²) in [5.74, 6) is 1.72. The Hall–Kier alpha value is -1.91. The highest BCUT2D eigenvalue weighted by Gasteiger charge is 2.31. The van der Waals surface area contributed by atoms with Gasteiger partial charge in [0.1, 0.15) is 0 Å². The maximum atomic E-state index is 13.3. The van der Waals surface area contributed by atoms with Crippen molar-refractivity contribution < 1.29 is 33.6 Å². The third kappa shape index (κ3) is 12.1. The average molecular weight is 581 g/mol. The highest BCUT2D eigenvalue weighted by atomic mass is 16.5. The molecule has 0 spiro atoms. The van der Waals surface area contributed by atoms with Gasteiger partial charge in [0.05, 0.1) is 32.5 Å². The number of carbonyl (C=O) groups excluding carboxylic acids is 1. The fraction of sp³-hybridized carbons (Fsp3) is 0.781. The van der Waals surface area contributed by atoms with Crippen LogP contribution in [-0.2, 0) is 25.4 Å². The first-order chi connectivity index (χ1) is 19.6. The number of nitrogens with two attached hydrogens (primary N) is 1. The van der Waals surface area contributed by atoms with Gasteiger partial charge < -0.3 is 39.8 Å². The van der Waals surface area contributed by atoms with Crippen molar-refractivity contribution in [3.05, 3.63) is 23.8 Å². The second kappa shape index (κ2) is 18.6. The lowest BCUT2D eigenvalue weighted by Crippen LogP contribution is -2.45. The molecule has 9 heteroatoms. The molecule has 1 saturated heterocycles. The number of aliphatic hydroxyl groups is 1. The maximum Gasteiger partial charge on any atom is 0.223 e. The molecule has 0 bridgehead atoms. The molecule has 2 rings (SSSR count). The standard InChI is InChI=1S/C32H56N2O7/c1-21(2)24(15-23-9-10-30(39-7)31(16-23)41-13-8-12-37-5)17-28(33)29(35)19-27(22(3)4)32(36)34-25-11-14-40-20-26(18-25)38-6/h9-10,16,21-22,24-29,35H,8,11-15,17-20,33H2,1-7H3,(H,34,36)/t24?,25?,26-,27?,28?,29?/m1/s1. The van der Waals surface area contributed by atoms with E-state index in [0.29, 0.717) is 50.9 Å². The van der Waals surface area contributed by atoms with E-state index in [9.17, 15) is 9.90 Å². The summed E-state index contributed by atoms with van der Waals surface area (Å²) in [6, 6.07) is 5.59. The number of carbonyl (C=O) groups is 1. The van der Waals surface area contributed by atoms with Crippen molar-refractivity contribution in [2.45, 2.75) is 90.5 Å². The molecule has 0 aromatic heterocycles. The molecule has 1 aliphatic heterocycles. The van der Waals surface area contributed by atoms with Crippen LogP contribution >= 0.6 is 0 Å². The van der Waals surface area contributed by atoms with Gasteiger partial charge in [0.2, 0.25) is 5.91 Å². The fourth-order valence-electron chi connectivity index (χ4n) is 5.41. The highest BCUT2D eigenvalue weighted by molar-refractivity contribution is 5.79. The zero-order chi connectivity index (χ0) is 30.4. The first-order valence-electron chi connectivity index (χ1n) is 15.2. The van der Waals surface area contributed by atoms with E-state index < -0.39 is 12.1 Å². The molecule has 1 aliphatic rings. The molecule has 236 valence electrons. The van der Waals surface area contributed by atoms with Gasteiger partial charge in [-0.05, 0) is 67.6 Å². The maximum absolute atomic E-state index is 13.3. The Labute approximate surface area is 247 Å². The molecule has 0 aliphatic carbocycles. The lowest BCUT2D eigenvalue weighted by molar-refractivity contribution is -0.128. The second-order valence-electron chi connectivity index (χ2n) is 12.1. The summed E-state index contributed by atoms with van der Waals surface area (Å²) in [5.41, 5.74) is 7.73. The smallest absolute Gasteiger partial charge is 0.223 e. The Bertz CT molecular complexity index is 882. The van der Waals surface area contributed by atoms with Crippen LogP contribution in [0.2, 0.25) is 0 Å². The van der Waals surface area contributed by atoms with E-state index in [1.165, 1.54) is 0 Å². The van der Waals surface area contributed by atoms with E-state index in [4.69, 9.17) is 29.4 Å². The van der Waals surface area contributed by atoms with Gasteiger partial charge in [0.15, 0.2) is 11.5 Å². The van der Waals surface area contributed by atoms with Gasteiger partial charge in [-0.25, -0.2) is 0 Å². The van der Waals surface area contributed by atoms with Crippen molar-refractivity contribution in [1.82, 2.24) is 5.32 Å². The van der Waals surface area contributed by atoms with E-state index in [1.54, 1.807) is 21.3 Å². The minimum atomic E-state index is -0.783. The minimum absolute atomic E-state index is 0.00863. The van der Waals surface area contributed by atoms with Crippen LogP contribution in [0.1, 0.15) is 65.4 Å². The molecule has 0 saturated carbocycles. The summed E-state index contributed by atoms with van der Waals surface area (Å²) in [4.78, 5) is 13.3. The highest BCUT2D eigenvalue weighted by Crippen LogP contribution is 2.32. The normalized spacial score (nSPS) is 20.8. The van der Waals surface area contributed by atoms with Gasteiger partial charge in [0, 0.05) is 51.9 Å². The summed E-state index contributed by atoms with van der Waals surface area (Å²) in [7, 11) is 4.99. The first-order valence-corrected chi connectivity index (χ1v) is 15.2. The number of amides is 1. The predicted molar refractivity (Wildman–Crippen MR) is 161 cm³/mol. The Morgan fingerprint density at radius 2 is 1.85 bits per heavy atom. The van der Waals surface area contributed by atoms with Crippen LogP contribution in [0.4, 0.5) is 0 Å². The Balaban J connectivity index is 2.01. The van der Waals surface area contributed by atoms with Gasteiger partial charge in [-0.1, -0.05) is 33.8 Å². The quantitative estimate of drug-likeness (QED) is 0.223. The molecule has 0 radical (unpaired) electrons. The number of ether oxygens (including phenoxy) is 5. The van der Waals surface area contributed by atoms with Crippen molar-refractivity contribution >= 4 is 5.91 Å². The van der Waals surface area contributed by atoms with Gasteiger partial charge in [-0.15, -0.1) is 0 Å². The van der Waals surface area contributed by atoms with Crippen LogP contribution in [-0.4, -0.2) is 83.1 Å². The van der Waals surface area contributed by atoms with Crippen molar-refractivity contribution in [3.63, 3.8) is 0 Å². The van der Waals surface area contributed by atoms with Crippen LogP contribution < -0.4 is 20.5 Å². The lowest BCUT2D eigenvalue weighted by atomic mass is 9.80. The van der Waals surface area contributed by atoms with Crippen molar-refractivity contribution in [3.8, 4) is 11.5 Å². The van der Waals surface area contributed by atoms with Gasteiger partial charge in [-0.3, -0.25) is 4.79 Å². The van der Waals surface area contributed by atoms with Crippen LogP contribution in [0.5, 0.6) is 11.5 Å². The van der Waals surface area contributed by atoms with Crippen LogP contribution in [0.3, 0.4) is 0 Å². The van der Waals surface area contributed by atoms with Crippen molar-refractivity contribution in [1.29, 1.82) is 0 Å². The molecular formula is C32H56N2O7. The molecule has 9 nitrogen and oxygen atoms in total. The number of rotatable bonds is 18. The monoisotopic (exact) mass is 580 g/mol. The molecule has 4 N–H and O–H groups in total. The van der Waals surface area contributed by atoms with E-state index in [0.717, 1.165) is 37.0 Å². The molecule has 1 heterocycles. The Morgan fingerprint density at radius 3 is 2.49 bits per heavy atom. The summed E-state index contributed by atoms with van der Waals surface area (Å²) < 4.78 is 27.7. The SMILES string of the molecule is COCCCOc1cc(CC(CC(N)C(O)CC(C(=O)NC2CCOC[C@H](OC)C2)C(C)C)C(C)C)ccc1OC. The predicted octanol–water partition coefficient (Wildman–Crippen LogP) is 3.98. The third-order valence-electron chi connectivity index (χ3n) is 8.27. The molecule has 1 aromatic carbocycles. The number of hydrogen-bond donors (Lipinski definition) is 3. The van der Waals surface area contributed by atoms with Crippen molar-refractivity contribution in [2.24, 2.45) is 29.4 Å².